The molecule has 9 nitrogen and oxygen atoms in total. The standard InChI is InChI=1S/C32H32ClFN6O3/c33-23-5-4-22(26(34)16-23)20-43-31-3-1-2-27(37-31)21-8-12-38(13-9-21)19-30-36-28-17-24(39-14-11-35-32(39)41)6-7-29(28)40(30)18-25-10-15-42-25/h1-7,11,14,16-17,21,25H,8-10,12-13,15,18-20H2,(H,35,41). The van der Waals surface area contributed by atoms with Crippen molar-refractivity contribution in [1.29, 1.82) is 0 Å². The van der Waals surface area contributed by atoms with Crippen LogP contribution >= 0.6 is 11.6 Å². The van der Waals surface area contributed by atoms with Gasteiger partial charge in [-0.15, -0.1) is 0 Å². The molecule has 0 radical (unpaired) electrons. The first kappa shape index (κ1) is 27.8. The molecule has 2 aliphatic heterocycles. The molecule has 5 aromatic rings. The van der Waals surface area contributed by atoms with E-state index >= 15 is 0 Å². The number of H-pyrrole nitrogens is 1. The molecule has 0 amide bonds. The summed E-state index contributed by atoms with van der Waals surface area (Å²) in [5, 5.41) is 0.358. The summed E-state index contributed by atoms with van der Waals surface area (Å²) >= 11 is 5.86. The van der Waals surface area contributed by atoms with Gasteiger partial charge in [0.15, 0.2) is 0 Å². The number of rotatable bonds is 9. The fourth-order valence-corrected chi connectivity index (χ4v) is 6.07. The van der Waals surface area contributed by atoms with Crippen LogP contribution in [0, 0.1) is 5.82 Å². The Kier molecular flexibility index (Phi) is 7.73. The number of ether oxygens (including phenoxy) is 2. The SMILES string of the molecule is O=c1[nH]ccn1-c1ccc2c(c1)nc(CN1CCC(c3cccc(OCc4ccc(Cl)cc4F)n3)CC1)n2CC1CCO1. The summed E-state index contributed by atoms with van der Waals surface area (Å²) in [4.78, 5) is 27.1. The van der Waals surface area contributed by atoms with Crippen LogP contribution in [0.2, 0.25) is 5.02 Å². The van der Waals surface area contributed by atoms with Crippen molar-refractivity contribution in [3.05, 3.63) is 105 Å². The molecule has 0 saturated carbocycles. The molecule has 222 valence electrons. The van der Waals surface area contributed by atoms with E-state index in [9.17, 15) is 9.18 Å². The second-order valence-electron chi connectivity index (χ2n) is 11.2. The van der Waals surface area contributed by atoms with Gasteiger partial charge in [0.2, 0.25) is 5.88 Å². The number of imidazole rings is 2. The normalized spacial score (nSPS) is 17.8. The second kappa shape index (κ2) is 11.9. The minimum atomic E-state index is -0.388. The minimum Gasteiger partial charge on any atom is -0.473 e. The average molecular weight is 603 g/mol. The summed E-state index contributed by atoms with van der Waals surface area (Å²) in [6.45, 7) is 4.23. The number of likely N-dealkylation sites (tertiary alicyclic amines) is 1. The number of nitrogens with zero attached hydrogens (tertiary/aromatic N) is 5. The van der Waals surface area contributed by atoms with Crippen molar-refractivity contribution < 1.29 is 13.9 Å². The highest BCUT2D eigenvalue weighted by Gasteiger charge is 2.26. The molecule has 0 bridgehead atoms. The number of nitrogens with one attached hydrogen (secondary N) is 1. The fraction of sp³-hybridized carbons (Fsp3) is 0.344. The first-order chi connectivity index (χ1) is 21.0. The monoisotopic (exact) mass is 602 g/mol. The third-order valence-corrected chi connectivity index (χ3v) is 8.66. The van der Waals surface area contributed by atoms with Crippen LogP contribution in [0.5, 0.6) is 5.88 Å². The van der Waals surface area contributed by atoms with E-state index in [0.29, 0.717) is 22.4 Å². The van der Waals surface area contributed by atoms with Gasteiger partial charge in [0, 0.05) is 47.3 Å². The smallest absolute Gasteiger partial charge is 0.330 e. The molecular weight excluding hydrogens is 571 g/mol. The molecule has 0 aliphatic carbocycles. The van der Waals surface area contributed by atoms with E-state index in [1.54, 1.807) is 35.2 Å². The summed E-state index contributed by atoms with van der Waals surface area (Å²) in [5.41, 5.74) is 3.96. The highest BCUT2D eigenvalue weighted by atomic mass is 35.5. The van der Waals surface area contributed by atoms with Crippen LogP contribution in [-0.2, 0) is 24.4 Å². The molecule has 1 atom stereocenters. The number of aromatic amines is 1. The quantitative estimate of drug-likeness (QED) is 0.241. The molecule has 43 heavy (non-hydrogen) atoms. The maximum Gasteiger partial charge on any atom is 0.330 e. The maximum absolute atomic E-state index is 14.2. The molecular formula is C32H32ClFN6O3. The minimum absolute atomic E-state index is 0.0915. The van der Waals surface area contributed by atoms with E-state index in [0.717, 1.165) is 80.3 Å². The predicted molar refractivity (Wildman–Crippen MR) is 161 cm³/mol. The van der Waals surface area contributed by atoms with Gasteiger partial charge in [0.05, 0.1) is 35.9 Å². The molecule has 11 heteroatoms. The van der Waals surface area contributed by atoms with Crippen LogP contribution in [0.3, 0.4) is 0 Å². The Hall–Kier alpha value is -3.99. The number of pyridine rings is 1. The lowest BCUT2D eigenvalue weighted by Crippen LogP contribution is -2.35. The largest absolute Gasteiger partial charge is 0.473 e. The fourth-order valence-electron chi connectivity index (χ4n) is 5.91. The molecule has 0 spiro atoms. The van der Waals surface area contributed by atoms with Gasteiger partial charge in [-0.1, -0.05) is 23.7 Å². The molecule has 3 aromatic heterocycles. The van der Waals surface area contributed by atoms with Crippen LogP contribution in [0.25, 0.3) is 16.7 Å². The number of aromatic nitrogens is 5. The lowest BCUT2D eigenvalue weighted by Gasteiger charge is -2.32. The van der Waals surface area contributed by atoms with E-state index in [-0.39, 0.29) is 24.2 Å². The molecule has 1 unspecified atom stereocenters. The van der Waals surface area contributed by atoms with Crippen molar-refractivity contribution >= 4 is 22.6 Å². The lowest BCUT2D eigenvalue weighted by molar-refractivity contribution is -0.0592. The Labute approximate surface area is 252 Å². The molecule has 2 aliphatic rings. The zero-order valence-electron chi connectivity index (χ0n) is 23.6. The van der Waals surface area contributed by atoms with Crippen molar-refractivity contribution in [1.82, 2.24) is 29.0 Å². The van der Waals surface area contributed by atoms with Crippen molar-refractivity contribution in [3.63, 3.8) is 0 Å². The van der Waals surface area contributed by atoms with Crippen LogP contribution < -0.4 is 10.4 Å². The molecule has 5 heterocycles. The van der Waals surface area contributed by atoms with Crippen LogP contribution in [-0.4, -0.2) is 54.8 Å². The van der Waals surface area contributed by atoms with Gasteiger partial charge >= 0.3 is 5.69 Å². The second-order valence-corrected chi connectivity index (χ2v) is 11.6. The summed E-state index contributed by atoms with van der Waals surface area (Å²) in [6, 6.07) is 16.4. The van der Waals surface area contributed by atoms with Gasteiger partial charge in [-0.2, -0.15) is 0 Å². The summed E-state index contributed by atoms with van der Waals surface area (Å²) in [7, 11) is 0. The van der Waals surface area contributed by atoms with E-state index < -0.39 is 0 Å². The summed E-state index contributed by atoms with van der Waals surface area (Å²) < 4.78 is 29.6. The van der Waals surface area contributed by atoms with Crippen LogP contribution in [0.4, 0.5) is 4.39 Å². The van der Waals surface area contributed by atoms with Gasteiger partial charge in [-0.3, -0.25) is 9.47 Å². The number of benzene rings is 2. The molecule has 1 N–H and O–H groups in total. The number of halogens is 2. The summed E-state index contributed by atoms with van der Waals surface area (Å²) in [6.07, 6.45) is 6.54. The first-order valence-electron chi connectivity index (χ1n) is 14.6. The zero-order valence-corrected chi connectivity index (χ0v) is 24.3. The lowest BCUT2D eigenvalue weighted by atomic mass is 9.93. The van der Waals surface area contributed by atoms with Crippen LogP contribution in [0.15, 0.2) is 71.8 Å². The number of piperidine rings is 1. The van der Waals surface area contributed by atoms with Crippen molar-refractivity contribution in [3.8, 4) is 11.6 Å². The molecule has 2 saturated heterocycles. The van der Waals surface area contributed by atoms with Gasteiger partial charge in [0.25, 0.3) is 0 Å². The number of hydrogen-bond acceptors (Lipinski definition) is 6. The van der Waals surface area contributed by atoms with E-state index in [1.807, 2.05) is 30.3 Å². The Morgan fingerprint density at radius 2 is 1.93 bits per heavy atom. The zero-order chi connectivity index (χ0) is 29.3. The molecule has 2 fully saturated rings. The highest BCUT2D eigenvalue weighted by molar-refractivity contribution is 6.30. The van der Waals surface area contributed by atoms with Gasteiger partial charge < -0.3 is 19.0 Å². The Bertz CT molecular complexity index is 1800. The van der Waals surface area contributed by atoms with Gasteiger partial charge in [0.1, 0.15) is 18.2 Å². The van der Waals surface area contributed by atoms with Gasteiger partial charge in [-0.25, -0.2) is 19.2 Å². The molecule has 7 rings (SSSR count). The van der Waals surface area contributed by atoms with Gasteiger partial charge in [-0.05, 0) is 68.8 Å². The van der Waals surface area contributed by atoms with Crippen molar-refractivity contribution in [2.24, 2.45) is 0 Å². The average Bonchev–Trinajstić information content (AvgIpc) is 3.57. The Balaban J connectivity index is 1.03. The molecule has 2 aromatic carbocycles. The van der Waals surface area contributed by atoms with E-state index in [1.165, 1.54) is 6.07 Å². The summed E-state index contributed by atoms with van der Waals surface area (Å²) in [5.74, 6) is 1.42. The van der Waals surface area contributed by atoms with Crippen molar-refractivity contribution in [2.75, 3.05) is 19.7 Å². The Morgan fingerprint density at radius 3 is 2.67 bits per heavy atom. The maximum atomic E-state index is 14.2. The number of fused-ring (bicyclic) bond motifs is 1. The third kappa shape index (κ3) is 5.95. The van der Waals surface area contributed by atoms with Crippen LogP contribution in [0.1, 0.15) is 42.3 Å². The van der Waals surface area contributed by atoms with E-state index in [2.05, 4.69) is 14.5 Å². The Morgan fingerprint density at radius 1 is 1.07 bits per heavy atom. The third-order valence-electron chi connectivity index (χ3n) is 8.42. The number of hydrogen-bond donors (Lipinski definition) is 1. The first-order valence-corrected chi connectivity index (χ1v) is 15.0. The topological polar surface area (TPSA) is 90.2 Å². The van der Waals surface area contributed by atoms with E-state index in [4.69, 9.17) is 31.0 Å². The highest BCUT2D eigenvalue weighted by Crippen LogP contribution is 2.30. The predicted octanol–water partition coefficient (Wildman–Crippen LogP) is 5.45. The van der Waals surface area contributed by atoms with Crippen molar-refractivity contribution in [2.45, 2.75) is 51.0 Å².